The van der Waals surface area contributed by atoms with Crippen LogP contribution in [0.5, 0.6) is 11.5 Å². The molecule has 3 aromatic rings. The van der Waals surface area contributed by atoms with E-state index in [0.717, 1.165) is 22.5 Å². The van der Waals surface area contributed by atoms with Crippen LogP contribution in [0.3, 0.4) is 0 Å². The Kier molecular flexibility index (Phi) is 8.88. The van der Waals surface area contributed by atoms with E-state index in [4.69, 9.17) is 9.47 Å². The Labute approximate surface area is 230 Å². The second-order valence-electron chi connectivity index (χ2n) is 9.27. The summed E-state index contributed by atoms with van der Waals surface area (Å²) in [4.78, 5) is 27.4. The molecule has 2 amide bonds. The van der Waals surface area contributed by atoms with Gasteiger partial charge in [-0.2, -0.15) is 0 Å². The average molecular weight is 529 g/mol. The van der Waals surface area contributed by atoms with Crippen molar-refractivity contribution in [2.24, 2.45) is 0 Å². The maximum Gasteiger partial charge on any atom is 0.258 e. The molecule has 8 heteroatoms. The van der Waals surface area contributed by atoms with Gasteiger partial charge < -0.3 is 30.3 Å². The molecule has 1 aliphatic rings. The molecule has 4 rings (SSSR count). The fourth-order valence-electron chi connectivity index (χ4n) is 4.50. The zero-order valence-electron chi connectivity index (χ0n) is 23.1. The minimum absolute atomic E-state index is 0.0272. The van der Waals surface area contributed by atoms with Crippen molar-refractivity contribution in [1.29, 1.82) is 0 Å². The smallest absolute Gasteiger partial charge is 0.258 e. The molecule has 1 unspecified atom stereocenters. The lowest BCUT2D eigenvalue weighted by Gasteiger charge is -2.25. The quantitative estimate of drug-likeness (QED) is 0.290. The van der Waals surface area contributed by atoms with Crippen LogP contribution in [0, 0.1) is 0 Å². The molecule has 1 atom stereocenters. The molecule has 0 radical (unpaired) electrons. The van der Waals surface area contributed by atoms with Gasteiger partial charge in [0.05, 0.1) is 30.2 Å². The summed E-state index contributed by atoms with van der Waals surface area (Å²) in [6.07, 6.45) is 0. The maximum atomic E-state index is 13.4. The van der Waals surface area contributed by atoms with Crippen LogP contribution in [0.1, 0.15) is 38.8 Å². The number of hydrogen-bond acceptors (Lipinski definition) is 6. The summed E-state index contributed by atoms with van der Waals surface area (Å²) in [5, 5.41) is 9.64. The van der Waals surface area contributed by atoms with Gasteiger partial charge in [0.1, 0.15) is 0 Å². The molecule has 1 heterocycles. The number of nitrogens with zero attached hydrogens (tertiary/aromatic N) is 1. The topological polar surface area (TPSA) is 91.9 Å². The molecule has 0 aromatic heterocycles. The molecule has 39 heavy (non-hydrogen) atoms. The van der Waals surface area contributed by atoms with Gasteiger partial charge in [-0.05, 0) is 63.7 Å². The van der Waals surface area contributed by atoms with Crippen LogP contribution in [0.25, 0.3) is 11.3 Å². The molecule has 3 aromatic carbocycles. The standard InChI is InChI=1S/C31H36N4O4/c1-6-38-27-17-25-26(18-28(27)39-7-2)34-31(37)29(25)30(22-11-9-8-10-12-22)33-23-13-15-24(16-14-23)35(21(4)36)19-20(3)32-5/h8-18,20,32-33H,6-7,19H2,1-5H3,(H,34,37)/b30-29-. The van der Waals surface area contributed by atoms with Crippen molar-refractivity contribution in [3.63, 3.8) is 0 Å². The highest BCUT2D eigenvalue weighted by Crippen LogP contribution is 2.43. The zero-order chi connectivity index (χ0) is 27.9. The van der Waals surface area contributed by atoms with Gasteiger partial charge in [0.25, 0.3) is 5.91 Å². The maximum absolute atomic E-state index is 13.4. The van der Waals surface area contributed by atoms with E-state index < -0.39 is 0 Å². The van der Waals surface area contributed by atoms with Gasteiger partial charge in [-0.15, -0.1) is 0 Å². The van der Waals surface area contributed by atoms with Crippen molar-refractivity contribution in [3.8, 4) is 11.5 Å². The van der Waals surface area contributed by atoms with Gasteiger partial charge in [0.15, 0.2) is 11.5 Å². The lowest BCUT2D eigenvalue weighted by molar-refractivity contribution is -0.116. The number of ether oxygens (including phenoxy) is 2. The molecule has 8 nitrogen and oxygen atoms in total. The first-order valence-electron chi connectivity index (χ1n) is 13.2. The number of likely N-dealkylation sites (N-methyl/N-ethyl adjacent to an activating group) is 1. The van der Waals surface area contributed by atoms with Crippen molar-refractivity contribution in [2.75, 3.05) is 42.3 Å². The van der Waals surface area contributed by atoms with Crippen molar-refractivity contribution < 1.29 is 19.1 Å². The number of amides is 2. The van der Waals surface area contributed by atoms with E-state index in [1.165, 1.54) is 0 Å². The third kappa shape index (κ3) is 6.23. The number of fused-ring (bicyclic) bond motifs is 1. The van der Waals surface area contributed by atoms with Crippen molar-refractivity contribution in [2.45, 2.75) is 33.7 Å². The van der Waals surface area contributed by atoms with E-state index in [1.54, 1.807) is 11.8 Å². The van der Waals surface area contributed by atoms with E-state index in [-0.39, 0.29) is 17.9 Å². The Morgan fingerprint density at radius 3 is 2.21 bits per heavy atom. The van der Waals surface area contributed by atoms with Gasteiger partial charge in [-0.3, -0.25) is 9.59 Å². The molecule has 204 valence electrons. The SMILES string of the molecule is CCOc1cc2c(cc1OCC)/C(=C(/Nc1ccc(N(CC(C)NC)C(C)=O)cc1)c1ccccc1)C(=O)N2. The first kappa shape index (κ1) is 27.7. The molecule has 0 saturated heterocycles. The highest BCUT2D eigenvalue weighted by molar-refractivity contribution is 6.37. The second kappa shape index (κ2) is 12.5. The van der Waals surface area contributed by atoms with Crippen molar-refractivity contribution in [3.05, 3.63) is 77.9 Å². The highest BCUT2D eigenvalue weighted by Gasteiger charge is 2.30. The predicted molar refractivity (Wildman–Crippen MR) is 157 cm³/mol. The Morgan fingerprint density at radius 1 is 0.974 bits per heavy atom. The number of hydrogen-bond donors (Lipinski definition) is 3. The summed E-state index contributed by atoms with van der Waals surface area (Å²) in [6.45, 7) is 8.93. The monoisotopic (exact) mass is 528 g/mol. The number of nitrogens with one attached hydrogen (secondary N) is 3. The minimum Gasteiger partial charge on any atom is -0.490 e. The average Bonchev–Trinajstić information content (AvgIpc) is 3.25. The molecule has 0 bridgehead atoms. The molecule has 0 spiro atoms. The van der Waals surface area contributed by atoms with Gasteiger partial charge >= 0.3 is 0 Å². The Bertz CT molecular complexity index is 1350. The minimum atomic E-state index is -0.215. The summed E-state index contributed by atoms with van der Waals surface area (Å²) in [5.74, 6) is 0.935. The third-order valence-corrected chi connectivity index (χ3v) is 6.52. The fraction of sp³-hybridized carbons (Fsp3) is 0.290. The number of anilines is 3. The van der Waals surface area contributed by atoms with E-state index >= 15 is 0 Å². The normalized spacial score (nSPS) is 14.2. The molecule has 1 aliphatic heterocycles. The van der Waals surface area contributed by atoms with E-state index in [0.29, 0.717) is 48.2 Å². The number of carbonyl (C=O) groups is 2. The molecule has 0 fully saturated rings. The van der Waals surface area contributed by atoms with E-state index in [2.05, 4.69) is 16.0 Å². The van der Waals surface area contributed by atoms with Crippen molar-refractivity contribution >= 4 is 40.1 Å². The molecule has 0 saturated carbocycles. The summed E-state index contributed by atoms with van der Waals surface area (Å²) in [7, 11) is 1.88. The van der Waals surface area contributed by atoms with Crippen LogP contribution in [0.2, 0.25) is 0 Å². The van der Waals surface area contributed by atoms with Crippen LogP contribution in [0.4, 0.5) is 17.1 Å². The highest BCUT2D eigenvalue weighted by atomic mass is 16.5. The van der Waals surface area contributed by atoms with E-state index in [1.807, 2.05) is 94.5 Å². The molecular weight excluding hydrogens is 492 g/mol. The van der Waals surface area contributed by atoms with Crippen LogP contribution < -0.4 is 30.3 Å². The molecule has 0 aliphatic carbocycles. The second-order valence-corrected chi connectivity index (χ2v) is 9.27. The molecular formula is C31H36N4O4. The lowest BCUT2D eigenvalue weighted by atomic mass is 9.99. The van der Waals surface area contributed by atoms with Gasteiger partial charge in [-0.1, -0.05) is 30.3 Å². The van der Waals surface area contributed by atoms with Gasteiger partial charge in [-0.25, -0.2) is 0 Å². The summed E-state index contributed by atoms with van der Waals surface area (Å²) >= 11 is 0. The van der Waals surface area contributed by atoms with Gasteiger partial charge in [0, 0.05) is 42.5 Å². The zero-order valence-corrected chi connectivity index (χ0v) is 23.1. The largest absolute Gasteiger partial charge is 0.490 e. The first-order valence-corrected chi connectivity index (χ1v) is 13.2. The van der Waals surface area contributed by atoms with Gasteiger partial charge in [0.2, 0.25) is 5.91 Å². The number of benzene rings is 3. The first-order chi connectivity index (χ1) is 18.9. The lowest BCUT2D eigenvalue weighted by Crippen LogP contribution is -2.40. The Balaban J connectivity index is 1.77. The summed E-state index contributed by atoms with van der Waals surface area (Å²) < 4.78 is 11.6. The predicted octanol–water partition coefficient (Wildman–Crippen LogP) is 5.38. The van der Waals surface area contributed by atoms with E-state index in [9.17, 15) is 9.59 Å². The Hall–Kier alpha value is -4.30. The van der Waals surface area contributed by atoms with Crippen LogP contribution in [-0.4, -0.2) is 44.7 Å². The van der Waals surface area contributed by atoms with Crippen molar-refractivity contribution in [1.82, 2.24) is 5.32 Å². The van der Waals surface area contributed by atoms with Crippen LogP contribution in [0.15, 0.2) is 66.7 Å². The van der Waals surface area contributed by atoms with Crippen LogP contribution >= 0.6 is 0 Å². The van der Waals surface area contributed by atoms with Crippen LogP contribution in [-0.2, 0) is 9.59 Å². The number of carbonyl (C=O) groups excluding carboxylic acids is 2. The third-order valence-electron chi connectivity index (χ3n) is 6.52. The fourth-order valence-corrected chi connectivity index (χ4v) is 4.50. The summed E-state index contributed by atoms with van der Waals surface area (Å²) in [6, 6.07) is 21.2. The molecule has 3 N–H and O–H groups in total. The number of rotatable bonds is 11. The summed E-state index contributed by atoms with van der Waals surface area (Å²) in [5.41, 5.74) is 5.03. The Morgan fingerprint density at radius 2 is 1.62 bits per heavy atom.